The molecule has 0 fully saturated rings. The maximum absolute atomic E-state index is 12.7. The quantitative estimate of drug-likeness (QED) is 0.932. The summed E-state index contributed by atoms with van der Waals surface area (Å²) in [5.74, 6) is -1.30. The number of carboxylic acids is 1. The lowest BCUT2D eigenvalue weighted by molar-refractivity contribution is -0.136. The molecule has 0 spiro atoms. The number of carbonyl (C=O) groups is 2. The van der Waals surface area contributed by atoms with Crippen molar-refractivity contribution < 1.29 is 14.7 Å². The molecule has 1 atom stereocenters. The summed E-state index contributed by atoms with van der Waals surface area (Å²) in [5, 5.41) is 9.12. The zero-order valence-electron chi connectivity index (χ0n) is 11.4. The Balaban J connectivity index is 2.06. The van der Waals surface area contributed by atoms with Crippen molar-refractivity contribution in [3.8, 4) is 0 Å². The smallest absolute Gasteiger partial charge is 0.323 e. The SMILES string of the molecule is O=C(O)CN1C(=O)C(c2ccccc2)Sc2ccc(Cl)cc21. The summed E-state index contributed by atoms with van der Waals surface area (Å²) in [6.45, 7) is -0.379. The van der Waals surface area contributed by atoms with E-state index in [-0.39, 0.29) is 12.5 Å². The Bertz CT molecular complexity index is 735. The third-order valence-corrected chi connectivity index (χ3v) is 4.89. The number of hydrogen-bond donors (Lipinski definition) is 1. The number of amides is 1. The number of carbonyl (C=O) groups excluding carboxylic acids is 1. The van der Waals surface area contributed by atoms with E-state index in [2.05, 4.69) is 0 Å². The van der Waals surface area contributed by atoms with Crippen molar-refractivity contribution in [1.82, 2.24) is 0 Å². The predicted octanol–water partition coefficient (Wildman–Crippen LogP) is 3.60. The van der Waals surface area contributed by atoms with E-state index in [4.69, 9.17) is 16.7 Å². The number of thioether (sulfide) groups is 1. The molecule has 6 heteroatoms. The highest BCUT2D eigenvalue weighted by Crippen LogP contribution is 2.47. The third kappa shape index (κ3) is 2.82. The number of hydrogen-bond acceptors (Lipinski definition) is 3. The topological polar surface area (TPSA) is 57.6 Å². The average Bonchev–Trinajstić information content (AvgIpc) is 2.51. The minimum atomic E-state index is -1.06. The molecule has 1 aliphatic heterocycles. The monoisotopic (exact) mass is 333 g/mol. The van der Waals surface area contributed by atoms with E-state index in [0.717, 1.165) is 10.5 Å². The van der Waals surface area contributed by atoms with Crippen LogP contribution in [0.1, 0.15) is 10.8 Å². The number of aliphatic carboxylic acids is 1. The van der Waals surface area contributed by atoms with Crippen molar-refractivity contribution in [3.05, 3.63) is 59.1 Å². The van der Waals surface area contributed by atoms with Crippen molar-refractivity contribution in [2.45, 2.75) is 10.1 Å². The van der Waals surface area contributed by atoms with E-state index in [9.17, 15) is 9.59 Å². The van der Waals surface area contributed by atoms with Crippen LogP contribution in [-0.4, -0.2) is 23.5 Å². The minimum absolute atomic E-state index is 0.242. The van der Waals surface area contributed by atoms with E-state index in [1.807, 2.05) is 36.4 Å². The summed E-state index contributed by atoms with van der Waals surface area (Å²) in [4.78, 5) is 26.0. The summed E-state index contributed by atoms with van der Waals surface area (Å²) in [6, 6.07) is 14.5. The standard InChI is InChI=1S/C16H12ClNO3S/c17-11-6-7-13-12(8-11)18(9-14(19)20)16(21)15(22-13)10-4-2-1-3-5-10/h1-8,15H,9H2,(H,19,20). The van der Waals surface area contributed by atoms with Crippen LogP contribution in [0.15, 0.2) is 53.4 Å². The van der Waals surface area contributed by atoms with Crippen LogP contribution in [0.3, 0.4) is 0 Å². The molecule has 1 unspecified atom stereocenters. The van der Waals surface area contributed by atoms with Gasteiger partial charge < -0.3 is 5.11 Å². The van der Waals surface area contributed by atoms with Gasteiger partial charge in [-0.1, -0.05) is 41.9 Å². The first kappa shape index (κ1) is 14.9. The molecule has 1 heterocycles. The normalized spacial score (nSPS) is 17.2. The average molecular weight is 334 g/mol. The van der Waals surface area contributed by atoms with Gasteiger partial charge in [0.1, 0.15) is 11.8 Å². The number of benzene rings is 2. The third-order valence-electron chi connectivity index (χ3n) is 3.34. The lowest BCUT2D eigenvalue weighted by atomic mass is 10.1. The fourth-order valence-corrected chi connectivity index (χ4v) is 3.75. The van der Waals surface area contributed by atoms with Crippen molar-refractivity contribution >= 4 is 40.9 Å². The van der Waals surface area contributed by atoms with Crippen LogP contribution in [0, 0.1) is 0 Å². The second-order valence-electron chi connectivity index (χ2n) is 4.84. The van der Waals surface area contributed by atoms with E-state index in [1.165, 1.54) is 16.7 Å². The van der Waals surface area contributed by atoms with E-state index >= 15 is 0 Å². The maximum atomic E-state index is 12.7. The zero-order chi connectivity index (χ0) is 15.7. The molecule has 2 aromatic carbocycles. The Morgan fingerprint density at radius 3 is 2.64 bits per heavy atom. The van der Waals surface area contributed by atoms with Crippen molar-refractivity contribution in [3.63, 3.8) is 0 Å². The summed E-state index contributed by atoms with van der Waals surface area (Å²) in [5.41, 5.74) is 1.41. The largest absolute Gasteiger partial charge is 0.480 e. The van der Waals surface area contributed by atoms with Gasteiger partial charge in [0.05, 0.1) is 5.69 Å². The van der Waals surface area contributed by atoms with Gasteiger partial charge >= 0.3 is 5.97 Å². The summed E-state index contributed by atoms with van der Waals surface area (Å²) >= 11 is 7.40. The maximum Gasteiger partial charge on any atom is 0.323 e. The van der Waals surface area contributed by atoms with Gasteiger partial charge in [0.25, 0.3) is 0 Å². The molecule has 3 rings (SSSR count). The second kappa shape index (κ2) is 6.02. The Morgan fingerprint density at radius 1 is 1.23 bits per heavy atom. The summed E-state index contributed by atoms with van der Waals surface area (Å²) < 4.78 is 0. The predicted molar refractivity (Wildman–Crippen MR) is 86.5 cm³/mol. The Labute approximate surface area is 136 Å². The highest BCUT2D eigenvalue weighted by atomic mass is 35.5. The Hall–Kier alpha value is -1.98. The second-order valence-corrected chi connectivity index (χ2v) is 6.42. The number of nitrogens with zero attached hydrogens (tertiary/aromatic N) is 1. The van der Waals surface area contributed by atoms with E-state index < -0.39 is 11.2 Å². The molecule has 4 nitrogen and oxygen atoms in total. The highest BCUT2D eigenvalue weighted by Gasteiger charge is 2.35. The molecule has 0 saturated carbocycles. The lowest BCUT2D eigenvalue weighted by Crippen LogP contribution is -2.40. The van der Waals surface area contributed by atoms with Gasteiger partial charge in [0.2, 0.25) is 5.91 Å². The molecule has 112 valence electrons. The van der Waals surface area contributed by atoms with Gasteiger partial charge in [-0.25, -0.2) is 0 Å². The van der Waals surface area contributed by atoms with Crippen LogP contribution in [0.5, 0.6) is 0 Å². The number of anilines is 1. The van der Waals surface area contributed by atoms with Gasteiger partial charge in [-0.15, -0.1) is 11.8 Å². The van der Waals surface area contributed by atoms with Gasteiger partial charge in [-0.3, -0.25) is 14.5 Å². The summed E-state index contributed by atoms with van der Waals surface area (Å²) in [6.07, 6.45) is 0. The molecule has 1 N–H and O–H groups in total. The van der Waals surface area contributed by atoms with Crippen molar-refractivity contribution in [2.24, 2.45) is 0 Å². The molecule has 0 radical (unpaired) electrons. The molecule has 0 aliphatic carbocycles. The van der Waals surface area contributed by atoms with Gasteiger partial charge in [-0.2, -0.15) is 0 Å². The van der Waals surface area contributed by atoms with Crippen molar-refractivity contribution in [2.75, 3.05) is 11.4 Å². The molecule has 0 aromatic heterocycles. The van der Waals surface area contributed by atoms with Crippen LogP contribution in [0.2, 0.25) is 5.02 Å². The molecular formula is C16H12ClNO3S. The molecular weight excluding hydrogens is 322 g/mol. The molecule has 2 aromatic rings. The fourth-order valence-electron chi connectivity index (χ4n) is 2.38. The van der Waals surface area contributed by atoms with Crippen LogP contribution < -0.4 is 4.90 Å². The Kier molecular flexibility index (Phi) is 4.09. The molecule has 1 aliphatic rings. The van der Waals surface area contributed by atoms with Crippen LogP contribution in [-0.2, 0) is 9.59 Å². The van der Waals surface area contributed by atoms with E-state index in [0.29, 0.717) is 10.7 Å². The number of halogens is 1. The first-order valence-electron chi connectivity index (χ1n) is 6.60. The van der Waals surface area contributed by atoms with Gasteiger partial charge in [-0.05, 0) is 23.8 Å². The van der Waals surface area contributed by atoms with Gasteiger partial charge in [0, 0.05) is 9.92 Å². The molecule has 0 saturated heterocycles. The first-order valence-corrected chi connectivity index (χ1v) is 7.86. The zero-order valence-corrected chi connectivity index (χ0v) is 13.0. The van der Waals surface area contributed by atoms with E-state index in [1.54, 1.807) is 12.1 Å². The number of rotatable bonds is 3. The molecule has 22 heavy (non-hydrogen) atoms. The first-order chi connectivity index (χ1) is 10.6. The Morgan fingerprint density at radius 2 is 1.95 bits per heavy atom. The number of carboxylic acid groups (broad SMARTS) is 1. The van der Waals surface area contributed by atoms with Crippen LogP contribution in [0.25, 0.3) is 0 Å². The fraction of sp³-hybridized carbons (Fsp3) is 0.125. The lowest BCUT2D eigenvalue weighted by Gasteiger charge is -2.33. The van der Waals surface area contributed by atoms with Gasteiger partial charge in [0.15, 0.2) is 0 Å². The van der Waals surface area contributed by atoms with Crippen LogP contribution >= 0.6 is 23.4 Å². The molecule has 0 bridgehead atoms. The minimum Gasteiger partial charge on any atom is -0.480 e. The summed E-state index contributed by atoms with van der Waals surface area (Å²) in [7, 11) is 0. The molecule has 1 amide bonds. The number of fused-ring (bicyclic) bond motifs is 1. The van der Waals surface area contributed by atoms with Crippen LogP contribution in [0.4, 0.5) is 5.69 Å². The van der Waals surface area contributed by atoms with Crippen molar-refractivity contribution in [1.29, 1.82) is 0 Å². The highest BCUT2D eigenvalue weighted by molar-refractivity contribution is 8.00.